The molecule has 0 unspecified atom stereocenters. The maximum atomic E-state index is 13.5. The van der Waals surface area contributed by atoms with Gasteiger partial charge in [0.25, 0.3) is 15.9 Å². The number of carbonyl (C=O) groups is 2. The van der Waals surface area contributed by atoms with Crippen LogP contribution in [0.3, 0.4) is 0 Å². The molecule has 35 heavy (non-hydrogen) atoms. The zero-order valence-electron chi connectivity index (χ0n) is 19.2. The van der Waals surface area contributed by atoms with Gasteiger partial charge in [0.05, 0.1) is 4.90 Å². The van der Waals surface area contributed by atoms with E-state index in [-0.39, 0.29) is 28.2 Å². The Morgan fingerprint density at radius 3 is 2.20 bits per heavy atom. The van der Waals surface area contributed by atoms with Crippen molar-refractivity contribution in [2.45, 2.75) is 24.7 Å². The molecule has 2 amide bonds. The number of sulfonamides is 1. The van der Waals surface area contributed by atoms with Crippen LogP contribution in [-0.4, -0.2) is 38.2 Å². The third-order valence-electron chi connectivity index (χ3n) is 6.02. The first-order chi connectivity index (χ1) is 16.7. The number of amides is 2. The smallest absolute Gasteiger partial charge is 0.261 e. The van der Waals surface area contributed by atoms with Crippen molar-refractivity contribution < 1.29 is 22.4 Å². The van der Waals surface area contributed by atoms with Crippen molar-refractivity contribution in [1.82, 2.24) is 4.90 Å². The van der Waals surface area contributed by atoms with E-state index in [2.05, 4.69) is 10.0 Å². The predicted octanol–water partition coefficient (Wildman–Crippen LogP) is 4.43. The van der Waals surface area contributed by atoms with Gasteiger partial charge in [0.15, 0.2) is 0 Å². The van der Waals surface area contributed by atoms with E-state index in [1.807, 2.05) is 30.3 Å². The van der Waals surface area contributed by atoms with Gasteiger partial charge in [-0.05, 0) is 79.9 Å². The highest BCUT2D eigenvalue weighted by Gasteiger charge is 2.28. The molecule has 1 aliphatic heterocycles. The van der Waals surface area contributed by atoms with Gasteiger partial charge in [0, 0.05) is 35.9 Å². The second kappa shape index (κ2) is 10.3. The topological polar surface area (TPSA) is 95.6 Å². The van der Waals surface area contributed by atoms with E-state index in [1.165, 1.54) is 31.2 Å². The molecule has 1 saturated heterocycles. The molecule has 0 aliphatic carbocycles. The van der Waals surface area contributed by atoms with Crippen molar-refractivity contribution >= 4 is 33.2 Å². The van der Waals surface area contributed by atoms with Gasteiger partial charge in [0.2, 0.25) is 5.91 Å². The van der Waals surface area contributed by atoms with Gasteiger partial charge in [-0.2, -0.15) is 0 Å². The maximum Gasteiger partial charge on any atom is 0.261 e. The van der Waals surface area contributed by atoms with Crippen molar-refractivity contribution in [3.05, 3.63) is 89.7 Å². The molecule has 1 heterocycles. The van der Waals surface area contributed by atoms with Gasteiger partial charge in [-0.25, -0.2) is 12.8 Å². The fraction of sp³-hybridized carbons (Fsp3) is 0.231. The monoisotopic (exact) mass is 495 g/mol. The minimum atomic E-state index is -3.89. The SMILES string of the molecule is Cc1cc(S(=O)(=O)Nc2ccc(C(=O)N3CCC(C(=O)Nc4ccccc4)CC3)cc2)ccc1F. The summed E-state index contributed by atoms with van der Waals surface area (Å²) in [5.41, 5.74) is 1.70. The minimum absolute atomic E-state index is 0.0451. The molecule has 3 aromatic carbocycles. The zero-order chi connectivity index (χ0) is 25.0. The molecule has 0 saturated carbocycles. The highest BCUT2D eigenvalue weighted by molar-refractivity contribution is 7.92. The summed E-state index contributed by atoms with van der Waals surface area (Å²) >= 11 is 0. The van der Waals surface area contributed by atoms with Crippen LogP contribution in [0.15, 0.2) is 77.7 Å². The first kappa shape index (κ1) is 24.4. The fourth-order valence-electron chi connectivity index (χ4n) is 3.97. The van der Waals surface area contributed by atoms with Crippen LogP contribution in [0.25, 0.3) is 0 Å². The van der Waals surface area contributed by atoms with Crippen LogP contribution >= 0.6 is 0 Å². The van der Waals surface area contributed by atoms with E-state index in [0.717, 1.165) is 11.8 Å². The molecule has 0 aromatic heterocycles. The molecule has 0 atom stereocenters. The van der Waals surface area contributed by atoms with Crippen molar-refractivity contribution in [2.75, 3.05) is 23.1 Å². The molecule has 182 valence electrons. The number of rotatable bonds is 6. The average Bonchev–Trinajstić information content (AvgIpc) is 2.86. The molecule has 4 rings (SSSR count). The summed E-state index contributed by atoms with van der Waals surface area (Å²) in [6, 6.07) is 19.0. The second-order valence-electron chi connectivity index (χ2n) is 8.52. The molecule has 0 spiro atoms. The van der Waals surface area contributed by atoms with E-state index < -0.39 is 15.8 Å². The second-order valence-corrected chi connectivity index (χ2v) is 10.2. The van der Waals surface area contributed by atoms with Gasteiger partial charge in [-0.15, -0.1) is 0 Å². The van der Waals surface area contributed by atoms with Gasteiger partial charge in [-0.3, -0.25) is 14.3 Å². The number of hydrogen-bond acceptors (Lipinski definition) is 4. The van der Waals surface area contributed by atoms with E-state index >= 15 is 0 Å². The van der Waals surface area contributed by atoms with E-state index in [0.29, 0.717) is 37.2 Å². The molecule has 9 heteroatoms. The van der Waals surface area contributed by atoms with Crippen molar-refractivity contribution in [2.24, 2.45) is 5.92 Å². The molecule has 0 radical (unpaired) electrons. The number of nitrogens with zero attached hydrogens (tertiary/aromatic N) is 1. The Labute approximate surface area is 204 Å². The molecule has 7 nitrogen and oxygen atoms in total. The third kappa shape index (κ3) is 5.86. The Hall–Kier alpha value is -3.72. The van der Waals surface area contributed by atoms with Crippen LogP contribution in [0.4, 0.5) is 15.8 Å². The zero-order valence-corrected chi connectivity index (χ0v) is 20.0. The van der Waals surface area contributed by atoms with E-state index in [9.17, 15) is 22.4 Å². The van der Waals surface area contributed by atoms with Crippen LogP contribution in [0, 0.1) is 18.7 Å². The number of aryl methyl sites for hydroxylation is 1. The summed E-state index contributed by atoms with van der Waals surface area (Å²) < 4.78 is 41.1. The number of carbonyl (C=O) groups excluding carboxylic acids is 2. The number of hydrogen-bond donors (Lipinski definition) is 2. The Balaban J connectivity index is 1.33. The predicted molar refractivity (Wildman–Crippen MR) is 132 cm³/mol. The summed E-state index contributed by atoms with van der Waals surface area (Å²) in [6.07, 6.45) is 1.14. The number of likely N-dealkylation sites (tertiary alicyclic amines) is 1. The summed E-state index contributed by atoms with van der Waals surface area (Å²) in [5.74, 6) is -0.856. The van der Waals surface area contributed by atoms with Crippen LogP contribution in [0.1, 0.15) is 28.8 Å². The largest absolute Gasteiger partial charge is 0.339 e. The van der Waals surface area contributed by atoms with Gasteiger partial charge < -0.3 is 10.2 Å². The molecule has 1 aliphatic rings. The first-order valence-electron chi connectivity index (χ1n) is 11.3. The summed E-state index contributed by atoms with van der Waals surface area (Å²) in [5, 5.41) is 2.91. The molecule has 0 bridgehead atoms. The molecule has 3 aromatic rings. The summed E-state index contributed by atoms with van der Waals surface area (Å²) in [6.45, 7) is 2.42. The highest BCUT2D eigenvalue weighted by atomic mass is 32.2. The summed E-state index contributed by atoms with van der Waals surface area (Å²) in [7, 11) is -3.89. The lowest BCUT2D eigenvalue weighted by atomic mass is 9.95. The van der Waals surface area contributed by atoms with Crippen LogP contribution in [-0.2, 0) is 14.8 Å². The van der Waals surface area contributed by atoms with Gasteiger partial charge in [-0.1, -0.05) is 18.2 Å². The Bertz CT molecular complexity index is 1320. The maximum absolute atomic E-state index is 13.5. The highest BCUT2D eigenvalue weighted by Crippen LogP contribution is 2.23. The Morgan fingerprint density at radius 2 is 1.57 bits per heavy atom. The molecule has 2 N–H and O–H groups in total. The third-order valence-corrected chi connectivity index (χ3v) is 7.40. The molecule has 1 fully saturated rings. The van der Waals surface area contributed by atoms with Gasteiger partial charge >= 0.3 is 0 Å². The lowest BCUT2D eigenvalue weighted by Gasteiger charge is -2.31. The quantitative estimate of drug-likeness (QED) is 0.529. The van der Waals surface area contributed by atoms with Crippen molar-refractivity contribution in [3.8, 4) is 0 Å². The summed E-state index contributed by atoms with van der Waals surface area (Å²) in [4.78, 5) is 27.1. The number of para-hydroxylation sites is 1. The Morgan fingerprint density at radius 1 is 0.914 bits per heavy atom. The molecular formula is C26H26FN3O4S. The first-order valence-corrected chi connectivity index (χ1v) is 12.8. The number of piperidine rings is 1. The van der Waals surface area contributed by atoms with Crippen molar-refractivity contribution in [3.63, 3.8) is 0 Å². The van der Waals surface area contributed by atoms with E-state index in [1.54, 1.807) is 17.0 Å². The lowest BCUT2D eigenvalue weighted by Crippen LogP contribution is -2.41. The van der Waals surface area contributed by atoms with Crippen molar-refractivity contribution in [1.29, 1.82) is 0 Å². The molecular weight excluding hydrogens is 469 g/mol. The van der Waals surface area contributed by atoms with E-state index in [4.69, 9.17) is 0 Å². The Kier molecular flexibility index (Phi) is 7.16. The number of nitrogens with one attached hydrogen (secondary N) is 2. The standard InChI is InChI=1S/C26H26FN3O4S/c1-18-17-23(11-12-24(18)27)35(33,34)29-22-9-7-20(8-10-22)26(32)30-15-13-19(14-16-30)25(31)28-21-5-3-2-4-6-21/h2-12,17,19,29H,13-16H2,1H3,(H,28,31). The number of benzene rings is 3. The minimum Gasteiger partial charge on any atom is -0.339 e. The fourth-order valence-corrected chi connectivity index (χ4v) is 5.12. The van der Waals surface area contributed by atoms with Crippen LogP contribution in [0.2, 0.25) is 0 Å². The number of halogens is 1. The normalized spacial score (nSPS) is 14.4. The number of anilines is 2. The average molecular weight is 496 g/mol. The lowest BCUT2D eigenvalue weighted by molar-refractivity contribution is -0.121. The van der Waals surface area contributed by atoms with Crippen LogP contribution < -0.4 is 10.0 Å². The van der Waals surface area contributed by atoms with Crippen LogP contribution in [0.5, 0.6) is 0 Å². The van der Waals surface area contributed by atoms with Gasteiger partial charge in [0.1, 0.15) is 5.82 Å².